The molecule has 38 heavy (non-hydrogen) atoms. The first-order valence-corrected chi connectivity index (χ1v) is 12.3. The van der Waals surface area contributed by atoms with Crippen LogP contribution in [-0.4, -0.2) is 33.7 Å². The van der Waals surface area contributed by atoms with Crippen molar-refractivity contribution in [3.63, 3.8) is 0 Å². The van der Waals surface area contributed by atoms with E-state index in [0.29, 0.717) is 36.7 Å². The van der Waals surface area contributed by atoms with Gasteiger partial charge < -0.3 is 20.3 Å². The predicted molar refractivity (Wildman–Crippen MR) is 140 cm³/mol. The quantitative estimate of drug-likeness (QED) is 0.242. The second kappa shape index (κ2) is 12.5. The summed E-state index contributed by atoms with van der Waals surface area (Å²) in [6, 6.07) is 22.0. The van der Waals surface area contributed by atoms with Crippen LogP contribution in [-0.2, 0) is 30.4 Å². The highest BCUT2D eigenvalue weighted by Gasteiger charge is 2.29. The number of aromatic nitrogens is 2. The van der Waals surface area contributed by atoms with Crippen LogP contribution in [0.5, 0.6) is 0 Å². The van der Waals surface area contributed by atoms with Gasteiger partial charge in [0, 0.05) is 31.2 Å². The van der Waals surface area contributed by atoms with Crippen molar-refractivity contribution in [2.75, 3.05) is 18.4 Å². The zero-order valence-electron chi connectivity index (χ0n) is 20.7. The van der Waals surface area contributed by atoms with Crippen LogP contribution in [0, 0.1) is 0 Å². The maximum absolute atomic E-state index is 12.8. The molecule has 198 valence electrons. The zero-order chi connectivity index (χ0) is 27.0. The Labute approximate surface area is 219 Å². The molecular weight excluding hydrogens is 493 g/mol. The minimum absolute atomic E-state index is 0.0308. The SMILES string of the molecule is O=C(Cc1nccn1Cc1ccc(C(F)(F)F)cc1)Nc1ccc(CCNCC(O)c2ccccc2)cc1. The van der Waals surface area contributed by atoms with E-state index in [1.807, 2.05) is 54.6 Å². The first-order valence-electron chi connectivity index (χ1n) is 12.3. The van der Waals surface area contributed by atoms with Gasteiger partial charge in [-0.25, -0.2) is 4.98 Å². The van der Waals surface area contributed by atoms with Crippen LogP contribution in [0.15, 0.2) is 91.3 Å². The number of imidazole rings is 1. The van der Waals surface area contributed by atoms with Gasteiger partial charge in [0.2, 0.25) is 5.91 Å². The van der Waals surface area contributed by atoms with Crippen LogP contribution in [0.1, 0.15) is 34.2 Å². The number of halogens is 3. The van der Waals surface area contributed by atoms with Crippen LogP contribution < -0.4 is 10.6 Å². The minimum Gasteiger partial charge on any atom is -0.387 e. The third-order valence-corrected chi connectivity index (χ3v) is 6.10. The average Bonchev–Trinajstić information content (AvgIpc) is 3.33. The molecular formula is C29H29F3N4O2. The first kappa shape index (κ1) is 27.1. The number of alkyl halides is 3. The van der Waals surface area contributed by atoms with E-state index in [-0.39, 0.29) is 12.3 Å². The Morgan fingerprint density at radius 1 is 0.947 bits per heavy atom. The molecule has 3 aromatic carbocycles. The van der Waals surface area contributed by atoms with E-state index in [0.717, 1.165) is 29.7 Å². The van der Waals surface area contributed by atoms with Gasteiger partial charge in [-0.05, 0) is 53.9 Å². The molecule has 0 radical (unpaired) electrons. The Hall–Kier alpha value is -3.95. The molecule has 1 unspecified atom stereocenters. The summed E-state index contributed by atoms with van der Waals surface area (Å²) in [4.78, 5) is 16.8. The van der Waals surface area contributed by atoms with Crippen LogP contribution in [0.25, 0.3) is 0 Å². The number of rotatable bonds is 11. The van der Waals surface area contributed by atoms with Gasteiger partial charge in [0.1, 0.15) is 5.82 Å². The van der Waals surface area contributed by atoms with Crippen molar-refractivity contribution in [3.05, 3.63) is 119 Å². The third-order valence-electron chi connectivity index (χ3n) is 6.10. The summed E-state index contributed by atoms with van der Waals surface area (Å²) in [5, 5.41) is 16.3. The number of nitrogens with one attached hydrogen (secondary N) is 2. The zero-order valence-corrected chi connectivity index (χ0v) is 20.7. The lowest BCUT2D eigenvalue weighted by molar-refractivity contribution is -0.137. The number of anilines is 1. The van der Waals surface area contributed by atoms with E-state index in [1.54, 1.807) is 17.0 Å². The molecule has 0 saturated heterocycles. The molecule has 0 aliphatic rings. The first-order chi connectivity index (χ1) is 18.3. The fraction of sp³-hybridized carbons (Fsp3) is 0.241. The van der Waals surface area contributed by atoms with Crippen LogP contribution in [0.4, 0.5) is 18.9 Å². The summed E-state index contributed by atoms with van der Waals surface area (Å²) in [6.45, 7) is 1.48. The van der Waals surface area contributed by atoms with Crippen molar-refractivity contribution in [3.8, 4) is 0 Å². The van der Waals surface area contributed by atoms with Gasteiger partial charge in [-0.15, -0.1) is 0 Å². The van der Waals surface area contributed by atoms with Gasteiger partial charge in [0.15, 0.2) is 0 Å². The van der Waals surface area contributed by atoms with Crippen LogP contribution in [0.3, 0.4) is 0 Å². The Bertz CT molecular complexity index is 1300. The summed E-state index contributed by atoms with van der Waals surface area (Å²) >= 11 is 0. The molecule has 0 saturated carbocycles. The second-order valence-corrected chi connectivity index (χ2v) is 8.97. The van der Waals surface area contributed by atoms with Crippen molar-refractivity contribution in [1.29, 1.82) is 0 Å². The molecule has 9 heteroatoms. The molecule has 0 fully saturated rings. The number of hydrogen-bond acceptors (Lipinski definition) is 4. The van der Waals surface area contributed by atoms with Crippen molar-refractivity contribution in [2.24, 2.45) is 0 Å². The number of benzene rings is 3. The maximum atomic E-state index is 12.8. The number of amides is 1. The summed E-state index contributed by atoms with van der Waals surface area (Å²) in [5.74, 6) is 0.275. The molecule has 1 atom stereocenters. The van der Waals surface area contributed by atoms with Gasteiger partial charge in [-0.3, -0.25) is 4.79 Å². The van der Waals surface area contributed by atoms with E-state index in [2.05, 4.69) is 15.6 Å². The number of nitrogens with zero attached hydrogens (tertiary/aromatic N) is 2. The highest BCUT2D eigenvalue weighted by Crippen LogP contribution is 2.29. The van der Waals surface area contributed by atoms with Gasteiger partial charge in [0.05, 0.1) is 18.1 Å². The maximum Gasteiger partial charge on any atom is 0.416 e. The summed E-state index contributed by atoms with van der Waals surface area (Å²) in [7, 11) is 0. The van der Waals surface area contributed by atoms with Crippen LogP contribution >= 0.6 is 0 Å². The van der Waals surface area contributed by atoms with Gasteiger partial charge in [-0.1, -0.05) is 54.6 Å². The molecule has 4 aromatic rings. The molecule has 1 amide bonds. The molecule has 1 aromatic heterocycles. The number of carbonyl (C=O) groups excluding carboxylic acids is 1. The van der Waals surface area contributed by atoms with Gasteiger partial charge in [-0.2, -0.15) is 13.2 Å². The second-order valence-electron chi connectivity index (χ2n) is 8.97. The molecule has 0 aliphatic heterocycles. The predicted octanol–water partition coefficient (Wildman–Crippen LogP) is 5.00. The third kappa shape index (κ3) is 7.77. The Morgan fingerprint density at radius 2 is 1.63 bits per heavy atom. The Morgan fingerprint density at radius 3 is 2.32 bits per heavy atom. The van der Waals surface area contributed by atoms with Gasteiger partial charge in [0.25, 0.3) is 0 Å². The highest BCUT2D eigenvalue weighted by molar-refractivity contribution is 5.91. The Kier molecular flexibility index (Phi) is 8.93. The number of aliphatic hydroxyl groups excluding tert-OH is 1. The lowest BCUT2D eigenvalue weighted by Crippen LogP contribution is -2.23. The summed E-state index contributed by atoms with van der Waals surface area (Å²) in [5.41, 5.74) is 2.61. The minimum atomic E-state index is -4.38. The lowest BCUT2D eigenvalue weighted by atomic mass is 10.1. The fourth-order valence-electron chi connectivity index (χ4n) is 4.02. The molecule has 0 aliphatic carbocycles. The van der Waals surface area contributed by atoms with E-state index in [1.165, 1.54) is 12.1 Å². The topological polar surface area (TPSA) is 79.2 Å². The smallest absolute Gasteiger partial charge is 0.387 e. The summed E-state index contributed by atoms with van der Waals surface area (Å²) < 4.78 is 40.1. The fourth-order valence-corrected chi connectivity index (χ4v) is 4.02. The standard InChI is InChI=1S/C29H29F3N4O2/c30-29(31,32)24-10-6-22(7-11-24)20-36-17-16-34-27(36)18-28(38)35-25-12-8-21(9-13-25)14-15-33-19-26(37)23-4-2-1-3-5-23/h1-13,16-17,26,33,37H,14-15,18-20H2,(H,35,38). The van der Waals surface area contributed by atoms with Crippen molar-refractivity contribution in [2.45, 2.75) is 31.7 Å². The van der Waals surface area contributed by atoms with E-state index >= 15 is 0 Å². The van der Waals surface area contributed by atoms with E-state index in [4.69, 9.17) is 0 Å². The molecule has 4 rings (SSSR count). The molecule has 0 bridgehead atoms. The van der Waals surface area contributed by atoms with Crippen molar-refractivity contribution in [1.82, 2.24) is 14.9 Å². The van der Waals surface area contributed by atoms with Crippen molar-refractivity contribution < 1.29 is 23.1 Å². The lowest BCUT2D eigenvalue weighted by Gasteiger charge is -2.12. The number of aliphatic hydroxyl groups is 1. The normalized spacial score (nSPS) is 12.3. The summed E-state index contributed by atoms with van der Waals surface area (Å²) in [6.07, 6.45) is -0.867. The van der Waals surface area contributed by atoms with E-state index < -0.39 is 17.8 Å². The largest absolute Gasteiger partial charge is 0.416 e. The number of hydrogen-bond donors (Lipinski definition) is 3. The molecule has 6 nitrogen and oxygen atoms in total. The van der Waals surface area contributed by atoms with E-state index in [9.17, 15) is 23.1 Å². The number of carbonyl (C=O) groups is 1. The van der Waals surface area contributed by atoms with Crippen LogP contribution in [0.2, 0.25) is 0 Å². The molecule has 0 spiro atoms. The molecule has 3 N–H and O–H groups in total. The Balaban J connectivity index is 1.22. The van der Waals surface area contributed by atoms with Gasteiger partial charge >= 0.3 is 6.18 Å². The molecule has 1 heterocycles. The highest BCUT2D eigenvalue weighted by atomic mass is 19.4. The van der Waals surface area contributed by atoms with Crippen molar-refractivity contribution >= 4 is 11.6 Å². The average molecular weight is 523 g/mol. The monoisotopic (exact) mass is 522 g/mol.